The number of ether oxygens (including phenoxy) is 1. The second kappa shape index (κ2) is 7.27. The van der Waals surface area contributed by atoms with E-state index < -0.39 is 0 Å². The summed E-state index contributed by atoms with van der Waals surface area (Å²) < 4.78 is 7.44. The maximum Gasteiger partial charge on any atom is 0.119 e. The van der Waals surface area contributed by atoms with E-state index in [1.807, 2.05) is 42.1 Å². The molecule has 0 radical (unpaired) electrons. The number of nitrogens with one attached hydrogen (secondary N) is 1. The summed E-state index contributed by atoms with van der Waals surface area (Å²) in [7, 11) is 0. The van der Waals surface area contributed by atoms with Crippen molar-refractivity contribution in [3.8, 4) is 11.4 Å². The molecule has 1 aromatic carbocycles. The summed E-state index contributed by atoms with van der Waals surface area (Å²) in [4.78, 5) is 0. The van der Waals surface area contributed by atoms with E-state index in [0.717, 1.165) is 24.5 Å². The Bertz CT molecular complexity index is 558. The van der Waals surface area contributed by atoms with Gasteiger partial charge < -0.3 is 10.1 Å². The van der Waals surface area contributed by atoms with Crippen molar-refractivity contribution < 1.29 is 4.74 Å². The zero-order valence-electron chi connectivity index (χ0n) is 13.4. The van der Waals surface area contributed by atoms with Gasteiger partial charge in [0, 0.05) is 17.8 Å². The van der Waals surface area contributed by atoms with Crippen molar-refractivity contribution in [3.05, 3.63) is 41.7 Å². The van der Waals surface area contributed by atoms with Gasteiger partial charge in [-0.2, -0.15) is 5.10 Å². The number of hydrogen-bond donors (Lipinski definition) is 1. The summed E-state index contributed by atoms with van der Waals surface area (Å²) in [6.07, 6.45) is 1.94. The Morgan fingerprint density at radius 3 is 2.57 bits per heavy atom. The molecule has 0 fully saturated rings. The minimum Gasteiger partial charge on any atom is -0.494 e. The lowest BCUT2D eigenvalue weighted by Gasteiger charge is -2.09. The summed E-state index contributed by atoms with van der Waals surface area (Å²) in [6.45, 7) is 11.1. The van der Waals surface area contributed by atoms with E-state index in [1.54, 1.807) is 0 Å². The third-order valence-electron chi connectivity index (χ3n) is 3.37. The molecule has 0 amide bonds. The molecule has 4 nitrogen and oxygen atoms in total. The van der Waals surface area contributed by atoms with Crippen molar-refractivity contribution in [2.75, 3.05) is 13.2 Å². The highest BCUT2D eigenvalue weighted by Gasteiger charge is 2.08. The number of nitrogens with zero attached hydrogens (tertiary/aromatic N) is 2. The highest BCUT2D eigenvalue weighted by molar-refractivity contribution is 5.39. The van der Waals surface area contributed by atoms with Gasteiger partial charge in [0.15, 0.2) is 0 Å². The fourth-order valence-corrected chi connectivity index (χ4v) is 2.22. The molecule has 21 heavy (non-hydrogen) atoms. The van der Waals surface area contributed by atoms with Gasteiger partial charge in [-0.25, -0.2) is 4.68 Å². The highest BCUT2D eigenvalue weighted by atomic mass is 16.5. The average Bonchev–Trinajstić information content (AvgIpc) is 2.81. The first-order valence-corrected chi connectivity index (χ1v) is 7.59. The first-order chi connectivity index (χ1) is 10.1. The molecular weight excluding hydrogens is 262 g/mol. The average molecular weight is 287 g/mol. The summed E-state index contributed by atoms with van der Waals surface area (Å²) >= 11 is 0. The zero-order chi connectivity index (χ0) is 15.2. The van der Waals surface area contributed by atoms with Crippen LogP contribution >= 0.6 is 0 Å². The van der Waals surface area contributed by atoms with Crippen molar-refractivity contribution >= 4 is 0 Å². The number of benzene rings is 1. The van der Waals surface area contributed by atoms with Gasteiger partial charge in [-0.1, -0.05) is 13.8 Å². The van der Waals surface area contributed by atoms with E-state index in [-0.39, 0.29) is 0 Å². The Kier molecular flexibility index (Phi) is 5.39. The fourth-order valence-electron chi connectivity index (χ4n) is 2.22. The predicted octanol–water partition coefficient (Wildman–Crippen LogP) is 3.33. The minimum atomic E-state index is 0.659. The maximum atomic E-state index is 5.47. The maximum absolute atomic E-state index is 5.47. The standard InChI is InChI=1S/C17H25N3O/c1-5-21-17-8-6-16(7-9-17)20-14(4)15(12-19-20)11-18-10-13(2)3/h6-9,12-13,18H,5,10-11H2,1-4H3. The molecule has 0 saturated carbocycles. The van der Waals surface area contributed by atoms with Gasteiger partial charge in [0.1, 0.15) is 5.75 Å². The minimum absolute atomic E-state index is 0.659. The molecule has 2 rings (SSSR count). The van der Waals surface area contributed by atoms with Crippen LogP contribution in [0.25, 0.3) is 5.69 Å². The normalized spacial score (nSPS) is 11.1. The van der Waals surface area contributed by atoms with Crippen LogP contribution in [-0.4, -0.2) is 22.9 Å². The first kappa shape index (κ1) is 15.6. The number of aromatic nitrogens is 2. The Morgan fingerprint density at radius 1 is 1.24 bits per heavy atom. The molecule has 1 N–H and O–H groups in total. The molecular formula is C17H25N3O. The van der Waals surface area contributed by atoms with Crippen molar-refractivity contribution in [3.63, 3.8) is 0 Å². The van der Waals surface area contributed by atoms with Crippen LogP contribution in [-0.2, 0) is 6.54 Å². The molecule has 0 saturated heterocycles. The molecule has 114 valence electrons. The molecule has 0 aliphatic carbocycles. The number of hydrogen-bond acceptors (Lipinski definition) is 3. The van der Waals surface area contributed by atoms with E-state index in [4.69, 9.17) is 4.74 Å². The molecule has 0 unspecified atom stereocenters. The quantitative estimate of drug-likeness (QED) is 0.849. The Labute approximate surface area is 127 Å². The van der Waals surface area contributed by atoms with E-state index >= 15 is 0 Å². The van der Waals surface area contributed by atoms with E-state index in [2.05, 4.69) is 31.2 Å². The lowest BCUT2D eigenvalue weighted by molar-refractivity contribution is 0.340. The fraction of sp³-hybridized carbons (Fsp3) is 0.471. The Balaban J connectivity index is 2.08. The van der Waals surface area contributed by atoms with Crippen LogP contribution in [0.5, 0.6) is 5.75 Å². The third-order valence-corrected chi connectivity index (χ3v) is 3.37. The summed E-state index contributed by atoms with van der Waals surface area (Å²) in [6, 6.07) is 8.04. The zero-order valence-corrected chi connectivity index (χ0v) is 13.4. The van der Waals surface area contributed by atoms with Gasteiger partial charge in [-0.15, -0.1) is 0 Å². The molecule has 0 bridgehead atoms. The third kappa shape index (κ3) is 4.08. The summed E-state index contributed by atoms with van der Waals surface area (Å²) in [5, 5.41) is 7.95. The second-order valence-electron chi connectivity index (χ2n) is 5.62. The van der Waals surface area contributed by atoms with Gasteiger partial charge >= 0.3 is 0 Å². The molecule has 0 spiro atoms. The first-order valence-electron chi connectivity index (χ1n) is 7.59. The molecule has 0 atom stereocenters. The van der Waals surface area contributed by atoms with E-state index in [1.165, 1.54) is 11.3 Å². The molecule has 0 aliphatic rings. The summed E-state index contributed by atoms with van der Waals surface area (Å²) in [5.74, 6) is 1.55. The molecule has 1 heterocycles. The monoisotopic (exact) mass is 287 g/mol. The Morgan fingerprint density at radius 2 is 1.95 bits per heavy atom. The lowest BCUT2D eigenvalue weighted by Crippen LogP contribution is -2.19. The van der Waals surface area contributed by atoms with Crippen LogP contribution in [0.2, 0.25) is 0 Å². The van der Waals surface area contributed by atoms with Crippen LogP contribution < -0.4 is 10.1 Å². The topological polar surface area (TPSA) is 39.1 Å². The van der Waals surface area contributed by atoms with Crippen LogP contribution in [0.1, 0.15) is 32.0 Å². The SMILES string of the molecule is CCOc1ccc(-n2ncc(CNCC(C)C)c2C)cc1. The van der Waals surface area contributed by atoms with E-state index in [0.29, 0.717) is 12.5 Å². The number of rotatable bonds is 7. The molecule has 0 aliphatic heterocycles. The van der Waals surface area contributed by atoms with E-state index in [9.17, 15) is 0 Å². The molecule has 4 heteroatoms. The molecule has 2 aromatic rings. The van der Waals surface area contributed by atoms with Gasteiger partial charge in [-0.05, 0) is 50.6 Å². The van der Waals surface area contributed by atoms with Crippen LogP contribution in [0, 0.1) is 12.8 Å². The van der Waals surface area contributed by atoms with Crippen LogP contribution in [0.3, 0.4) is 0 Å². The highest BCUT2D eigenvalue weighted by Crippen LogP contribution is 2.18. The largest absolute Gasteiger partial charge is 0.494 e. The molecule has 1 aromatic heterocycles. The second-order valence-corrected chi connectivity index (χ2v) is 5.62. The van der Waals surface area contributed by atoms with Crippen molar-refractivity contribution in [1.82, 2.24) is 15.1 Å². The smallest absolute Gasteiger partial charge is 0.119 e. The van der Waals surface area contributed by atoms with Gasteiger partial charge in [0.05, 0.1) is 18.5 Å². The predicted molar refractivity (Wildman–Crippen MR) is 86.0 cm³/mol. The Hall–Kier alpha value is -1.81. The summed E-state index contributed by atoms with van der Waals surface area (Å²) in [5.41, 5.74) is 3.48. The van der Waals surface area contributed by atoms with Gasteiger partial charge in [-0.3, -0.25) is 0 Å². The van der Waals surface area contributed by atoms with Gasteiger partial charge in [0.2, 0.25) is 0 Å². The lowest BCUT2D eigenvalue weighted by atomic mass is 10.2. The van der Waals surface area contributed by atoms with Crippen molar-refractivity contribution in [2.45, 2.75) is 34.2 Å². The van der Waals surface area contributed by atoms with Crippen molar-refractivity contribution in [1.29, 1.82) is 0 Å². The van der Waals surface area contributed by atoms with Crippen LogP contribution in [0.4, 0.5) is 0 Å². The van der Waals surface area contributed by atoms with Crippen molar-refractivity contribution in [2.24, 2.45) is 5.92 Å². The van der Waals surface area contributed by atoms with Gasteiger partial charge in [0.25, 0.3) is 0 Å². The van der Waals surface area contributed by atoms with Crippen LogP contribution in [0.15, 0.2) is 30.5 Å².